The molecule has 0 saturated carbocycles. The molecule has 132 valence electrons. The minimum atomic E-state index is -2.56. The lowest BCUT2D eigenvalue weighted by atomic mass is 9.98. The van der Waals surface area contributed by atoms with Gasteiger partial charge in [-0.2, -0.15) is 0 Å². The van der Waals surface area contributed by atoms with Crippen LogP contribution < -0.4 is 15.9 Å². The lowest BCUT2D eigenvalue weighted by Gasteiger charge is -2.27. The average molecular weight is 363 g/mol. The Kier molecular flexibility index (Phi) is 5.25. The summed E-state index contributed by atoms with van der Waals surface area (Å²) in [5.41, 5.74) is -0.580. The van der Waals surface area contributed by atoms with Gasteiger partial charge >= 0.3 is 5.97 Å². The Hall–Kier alpha value is -2.44. The second-order valence-electron chi connectivity index (χ2n) is 7.24. The highest BCUT2D eigenvalue weighted by atomic mass is 31.2. The fraction of sp³-hybridized carbons (Fsp3) is 0.174. The SMILES string of the molecule is CC(C)(C)C(=O)O[P+](c1ccccc1)(c1ccccc1)c1ccccc1. The summed E-state index contributed by atoms with van der Waals surface area (Å²) in [6, 6.07) is 30.3. The van der Waals surface area contributed by atoms with Crippen LogP contribution in [0.5, 0.6) is 0 Å². The van der Waals surface area contributed by atoms with E-state index in [1.54, 1.807) is 0 Å². The number of hydrogen-bond acceptors (Lipinski definition) is 2. The van der Waals surface area contributed by atoms with Crippen LogP contribution in [-0.4, -0.2) is 5.97 Å². The molecule has 0 saturated heterocycles. The summed E-state index contributed by atoms with van der Waals surface area (Å²) in [6.45, 7) is 5.68. The van der Waals surface area contributed by atoms with Crippen molar-refractivity contribution in [2.75, 3.05) is 0 Å². The lowest BCUT2D eigenvalue weighted by molar-refractivity contribution is -0.142. The molecule has 0 fully saturated rings. The van der Waals surface area contributed by atoms with Crippen molar-refractivity contribution in [3.63, 3.8) is 0 Å². The number of rotatable bonds is 4. The maximum absolute atomic E-state index is 13.0. The Morgan fingerprint density at radius 2 is 0.962 bits per heavy atom. The Labute approximate surface area is 156 Å². The third kappa shape index (κ3) is 3.57. The molecule has 0 atom stereocenters. The summed E-state index contributed by atoms with van der Waals surface area (Å²) in [4.78, 5) is 13.0. The number of carbonyl (C=O) groups is 1. The molecular formula is C23H24O2P+. The van der Waals surface area contributed by atoms with Gasteiger partial charge in [0.1, 0.15) is 15.9 Å². The van der Waals surface area contributed by atoms with E-state index in [4.69, 9.17) is 4.52 Å². The van der Waals surface area contributed by atoms with Crippen LogP contribution in [0.3, 0.4) is 0 Å². The molecular weight excluding hydrogens is 339 g/mol. The molecule has 26 heavy (non-hydrogen) atoms. The molecule has 0 aromatic heterocycles. The monoisotopic (exact) mass is 363 g/mol. The lowest BCUT2D eigenvalue weighted by Crippen LogP contribution is -2.37. The van der Waals surface area contributed by atoms with E-state index in [2.05, 4.69) is 36.4 Å². The molecule has 0 unspecified atom stereocenters. The molecule has 0 aliphatic carbocycles. The molecule has 2 nitrogen and oxygen atoms in total. The van der Waals surface area contributed by atoms with Gasteiger partial charge in [0.25, 0.3) is 7.49 Å². The summed E-state index contributed by atoms with van der Waals surface area (Å²) in [5, 5.41) is 3.11. The zero-order chi connectivity index (χ0) is 18.6. The molecule has 0 N–H and O–H groups in total. The van der Waals surface area contributed by atoms with Crippen molar-refractivity contribution in [3.05, 3.63) is 91.0 Å². The first-order valence-corrected chi connectivity index (χ1v) is 10.5. The normalized spacial score (nSPS) is 11.8. The van der Waals surface area contributed by atoms with Crippen molar-refractivity contribution in [2.24, 2.45) is 5.41 Å². The number of carbonyl (C=O) groups excluding carboxylic acids is 1. The fourth-order valence-corrected chi connectivity index (χ4v) is 6.29. The van der Waals surface area contributed by atoms with Gasteiger partial charge in [0.05, 0.1) is 5.41 Å². The van der Waals surface area contributed by atoms with Crippen molar-refractivity contribution < 1.29 is 9.32 Å². The van der Waals surface area contributed by atoms with E-state index in [0.717, 1.165) is 15.9 Å². The van der Waals surface area contributed by atoms with Gasteiger partial charge in [0, 0.05) is 0 Å². The molecule has 0 radical (unpaired) electrons. The van der Waals surface area contributed by atoms with E-state index < -0.39 is 12.9 Å². The van der Waals surface area contributed by atoms with Crippen LogP contribution >= 0.6 is 7.49 Å². The third-order valence-electron chi connectivity index (χ3n) is 4.19. The van der Waals surface area contributed by atoms with Gasteiger partial charge < -0.3 is 0 Å². The Balaban J connectivity index is 2.30. The van der Waals surface area contributed by atoms with Crippen LogP contribution in [0.15, 0.2) is 91.0 Å². The molecule has 0 aliphatic heterocycles. The van der Waals surface area contributed by atoms with E-state index in [0.29, 0.717) is 0 Å². The summed E-state index contributed by atoms with van der Waals surface area (Å²) >= 11 is 0. The zero-order valence-electron chi connectivity index (χ0n) is 15.4. The van der Waals surface area contributed by atoms with Gasteiger partial charge in [-0.1, -0.05) is 54.6 Å². The predicted octanol–water partition coefficient (Wildman–Crippen LogP) is 4.48. The Morgan fingerprint density at radius 3 is 1.23 bits per heavy atom. The molecule has 3 rings (SSSR count). The molecule has 0 amide bonds. The van der Waals surface area contributed by atoms with E-state index in [9.17, 15) is 4.79 Å². The first-order chi connectivity index (χ1) is 12.4. The molecule has 3 heteroatoms. The van der Waals surface area contributed by atoms with E-state index >= 15 is 0 Å². The largest absolute Gasteiger partial charge is 0.356 e. The van der Waals surface area contributed by atoms with Crippen LogP contribution in [0.2, 0.25) is 0 Å². The van der Waals surface area contributed by atoms with Gasteiger partial charge in [-0.15, -0.1) is 0 Å². The van der Waals surface area contributed by atoms with Gasteiger partial charge in [0.15, 0.2) is 0 Å². The van der Waals surface area contributed by atoms with E-state index in [1.807, 2.05) is 75.4 Å². The van der Waals surface area contributed by atoms with Gasteiger partial charge in [0.2, 0.25) is 0 Å². The second-order valence-corrected chi connectivity index (χ2v) is 10.2. The number of benzene rings is 3. The summed E-state index contributed by atoms with van der Waals surface area (Å²) in [7, 11) is -2.56. The third-order valence-corrected chi connectivity index (χ3v) is 7.71. The molecule has 0 spiro atoms. The van der Waals surface area contributed by atoms with E-state index in [1.165, 1.54) is 0 Å². The standard InChI is InChI=1S/C23H24O2P/c1-23(2,3)22(24)25-26(19-13-7-4-8-14-19,20-15-9-5-10-16-20)21-17-11-6-12-18-21/h4-18H,1-3H3/q+1. The van der Waals surface area contributed by atoms with Crippen molar-refractivity contribution in [1.29, 1.82) is 0 Å². The average Bonchev–Trinajstić information content (AvgIpc) is 2.67. The number of hydrogen-bond donors (Lipinski definition) is 0. The minimum absolute atomic E-state index is 0.192. The van der Waals surface area contributed by atoms with Crippen LogP contribution in [-0.2, 0) is 9.32 Å². The van der Waals surface area contributed by atoms with Crippen molar-refractivity contribution in [3.8, 4) is 0 Å². The maximum atomic E-state index is 13.0. The van der Waals surface area contributed by atoms with Gasteiger partial charge in [-0.05, 0) is 57.2 Å². The minimum Gasteiger partial charge on any atom is -0.296 e. The van der Waals surface area contributed by atoms with Crippen molar-refractivity contribution in [2.45, 2.75) is 20.8 Å². The molecule has 0 heterocycles. The summed E-state index contributed by atoms with van der Waals surface area (Å²) < 4.78 is 6.43. The second kappa shape index (κ2) is 7.43. The highest BCUT2D eigenvalue weighted by Gasteiger charge is 2.52. The van der Waals surface area contributed by atoms with Crippen LogP contribution in [0.1, 0.15) is 20.8 Å². The van der Waals surface area contributed by atoms with Crippen molar-refractivity contribution in [1.82, 2.24) is 0 Å². The van der Waals surface area contributed by atoms with Crippen LogP contribution in [0.4, 0.5) is 0 Å². The smallest absolute Gasteiger partial charge is 0.296 e. The molecule has 0 aliphatic rings. The highest BCUT2D eigenvalue weighted by Crippen LogP contribution is 2.57. The maximum Gasteiger partial charge on any atom is 0.356 e. The quantitative estimate of drug-likeness (QED) is 0.639. The van der Waals surface area contributed by atoms with Crippen molar-refractivity contribution >= 4 is 29.4 Å². The zero-order valence-corrected chi connectivity index (χ0v) is 16.3. The summed E-state index contributed by atoms with van der Waals surface area (Å²) in [5.74, 6) is -0.192. The first kappa shape index (κ1) is 18.4. The topological polar surface area (TPSA) is 26.3 Å². The Bertz CT molecular complexity index is 756. The highest BCUT2D eigenvalue weighted by molar-refractivity contribution is 7.92. The fourth-order valence-electron chi connectivity index (χ4n) is 2.78. The van der Waals surface area contributed by atoms with E-state index in [-0.39, 0.29) is 5.97 Å². The Morgan fingerprint density at radius 1 is 0.654 bits per heavy atom. The van der Waals surface area contributed by atoms with Crippen LogP contribution in [0.25, 0.3) is 0 Å². The van der Waals surface area contributed by atoms with Crippen LogP contribution in [0, 0.1) is 5.41 Å². The van der Waals surface area contributed by atoms with Gasteiger partial charge in [-0.25, -0.2) is 4.79 Å². The molecule has 3 aromatic carbocycles. The molecule has 0 bridgehead atoms. The molecule has 3 aromatic rings. The van der Waals surface area contributed by atoms with Gasteiger partial charge in [-0.3, -0.25) is 4.52 Å². The summed E-state index contributed by atoms with van der Waals surface area (Å²) in [6.07, 6.45) is 0. The first-order valence-electron chi connectivity index (χ1n) is 8.74. The predicted molar refractivity (Wildman–Crippen MR) is 111 cm³/mol.